The van der Waals surface area contributed by atoms with E-state index < -0.39 is 0 Å². The van der Waals surface area contributed by atoms with Crippen LogP contribution in [0.25, 0.3) is 0 Å². The molecule has 1 heterocycles. The fraction of sp³-hybridized carbons (Fsp3) is 0.333. The van der Waals surface area contributed by atoms with Crippen molar-refractivity contribution in [2.45, 2.75) is 19.8 Å². The Morgan fingerprint density at radius 1 is 1.23 bits per heavy atom. The standard InChI is InChI=1S/C15H20N4O3/c1-9(2)11-7-10(21-6-5-20)3-4-12(11)22-13-8-18-15(17)19-14(13)16/h3-4,7-9,20H,5-6H2,1-2H3,(H4,16,17,18,19). The molecule has 0 amide bonds. The van der Waals surface area contributed by atoms with Gasteiger partial charge in [-0.1, -0.05) is 13.8 Å². The van der Waals surface area contributed by atoms with Gasteiger partial charge in [0.1, 0.15) is 18.1 Å². The smallest absolute Gasteiger partial charge is 0.222 e. The predicted octanol–water partition coefficient (Wildman–Crippen LogP) is 1.93. The molecular weight excluding hydrogens is 284 g/mol. The summed E-state index contributed by atoms with van der Waals surface area (Å²) in [5, 5.41) is 8.82. The van der Waals surface area contributed by atoms with Crippen LogP contribution in [0.5, 0.6) is 17.2 Å². The van der Waals surface area contributed by atoms with E-state index in [1.165, 1.54) is 6.20 Å². The molecule has 0 saturated heterocycles. The van der Waals surface area contributed by atoms with Crippen molar-refractivity contribution < 1.29 is 14.6 Å². The first-order valence-corrected chi connectivity index (χ1v) is 6.94. The van der Waals surface area contributed by atoms with Crippen LogP contribution in [0, 0.1) is 0 Å². The lowest BCUT2D eigenvalue weighted by atomic mass is 10.0. The van der Waals surface area contributed by atoms with Crippen molar-refractivity contribution in [3.05, 3.63) is 30.0 Å². The van der Waals surface area contributed by atoms with Gasteiger partial charge in [0.2, 0.25) is 5.95 Å². The number of aromatic nitrogens is 2. The fourth-order valence-corrected chi connectivity index (χ4v) is 1.92. The highest BCUT2D eigenvalue weighted by Gasteiger charge is 2.13. The summed E-state index contributed by atoms with van der Waals surface area (Å²) in [4.78, 5) is 7.75. The molecule has 0 bridgehead atoms. The molecule has 0 aliphatic rings. The van der Waals surface area contributed by atoms with Crippen LogP contribution in [0.2, 0.25) is 0 Å². The first-order chi connectivity index (χ1) is 10.5. The topological polar surface area (TPSA) is 117 Å². The highest BCUT2D eigenvalue weighted by Crippen LogP contribution is 2.34. The number of hydrogen-bond acceptors (Lipinski definition) is 7. The normalized spacial score (nSPS) is 10.7. The average molecular weight is 304 g/mol. The predicted molar refractivity (Wildman–Crippen MR) is 84.0 cm³/mol. The van der Waals surface area contributed by atoms with Crippen LogP contribution < -0.4 is 20.9 Å². The summed E-state index contributed by atoms with van der Waals surface area (Å²) in [6, 6.07) is 5.44. The second-order valence-corrected chi connectivity index (χ2v) is 5.01. The lowest BCUT2D eigenvalue weighted by molar-refractivity contribution is 0.201. The maximum absolute atomic E-state index is 8.82. The molecule has 0 atom stereocenters. The molecule has 0 spiro atoms. The Balaban J connectivity index is 2.29. The van der Waals surface area contributed by atoms with Gasteiger partial charge >= 0.3 is 0 Å². The minimum atomic E-state index is -0.0332. The molecule has 1 aromatic heterocycles. The molecule has 0 fully saturated rings. The number of ether oxygens (including phenoxy) is 2. The first-order valence-electron chi connectivity index (χ1n) is 6.94. The molecule has 0 aliphatic heterocycles. The Bertz CT molecular complexity index is 647. The maximum atomic E-state index is 8.82. The second kappa shape index (κ2) is 6.95. The van der Waals surface area contributed by atoms with E-state index in [0.717, 1.165) is 5.56 Å². The van der Waals surface area contributed by atoms with Crippen molar-refractivity contribution in [1.29, 1.82) is 0 Å². The van der Waals surface area contributed by atoms with E-state index in [0.29, 0.717) is 17.2 Å². The SMILES string of the molecule is CC(C)c1cc(OCCO)ccc1Oc1cnc(N)nc1N. The van der Waals surface area contributed by atoms with Gasteiger partial charge < -0.3 is 26.0 Å². The average Bonchev–Trinajstić information content (AvgIpc) is 2.48. The summed E-state index contributed by atoms with van der Waals surface area (Å²) < 4.78 is 11.2. The Hall–Kier alpha value is -2.54. The van der Waals surface area contributed by atoms with Gasteiger partial charge in [0.15, 0.2) is 11.6 Å². The third-order valence-electron chi connectivity index (χ3n) is 2.98. The van der Waals surface area contributed by atoms with E-state index >= 15 is 0 Å². The number of nitrogen functional groups attached to an aromatic ring is 2. The van der Waals surface area contributed by atoms with Crippen molar-refractivity contribution in [3.8, 4) is 17.2 Å². The van der Waals surface area contributed by atoms with Crippen molar-refractivity contribution in [2.75, 3.05) is 24.7 Å². The summed E-state index contributed by atoms with van der Waals surface area (Å²) in [6.07, 6.45) is 1.44. The molecule has 118 valence electrons. The van der Waals surface area contributed by atoms with Crippen LogP contribution in [0.3, 0.4) is 0 Å². The molecule has 0 aliphatic carbocycles. The third-order valence-corrected chi connectivity index (χ3v) is 2.98. The molecule has 2 rings (SSSR count). The highest BCUT2D eigenvalue weighted by atomic mass is 16.5. The van der Waals surface area contributed by atoms with Crippen LogP contribution in [-0.4, -0.2) is 28.3 Å². The number of aliphatic hydroxyl groups excluding tert-OH is 1. The van der Waals surface area contributed by atoms with Crippen molar-refractivity contribution in [2.24, 2.45) is 0 Å². The molecule has 7 heteroatoms. The molecule has 22 heavy (non-hydrogen) atoms. The Morgan fingerprint density at radius 2 is 2.00 bits per heavy atom. The monoisotopic (exact) mass is 304 g/mol. The van der Waals surface area contributed by atoms with Gasteiger partial charge in [-0.05, 0) is 24.1 Å². The minimum Gasteiger partial charge on any atom is -0.491 e. The Kier molecular flexibility index (Phi) is 5.00. The largest absolute Gasteiger partial charge is 0.491 e. The fourth-order valence-electron chi connectivity index (χ4n) is 1.92. The quantitative estimate of drug-likeness (QED) is 0.746. The van der Waals surface area contributed by atoms with Gasteiger partial charge in [0.25, 0.3) is 0 Å². The van der Waals surface area contributed by atoms with E-state index in [4.69, 9.17) is 26.0 Å². The van der Waals surface area contributed by atoms with Crippen LogP contribution in [0.4, 0.5) is 11.8 Å². The van der Waals surface area contributed by atoms with Crippen LogP contribution >= 0.6 is 0 Å². The zero-order valence-electron chi connectivity index (χ0n) is 12.6. The number of rotatable bonds is 6. The van der Waals surface area contributed by atoms with Gasteiger partial charge in [-0.15, -0.1) is 0 Å². The summed E-state index contributed by atoms with van der Waals surface area (Å²) in [5.74, 6) is 2.16. The van der Waals surface area contributed by atoms with Crippen LogP contribution in [-0.2, 0) is 0 Å². The lowest BCUT2D eigenvalue weighted by Crippen LogP contribution is -2.04. The molecule has 5 N–H and O–H groups in total. The molecular formula is C15H20N4O3. The highest BCUT2D eigenvalue weighted by molar-refractivity contribution is 5.51. The van der Waals surface area contributed by atoms with E-state index in [2.05, 4.69) is 9.97 Å². The summed E-state index contributed by atoms with van der Waals surface area (Å²) in [5.41, 5.74) is 12.2. The van der Waals surface area contributed by atoms with Crippen LogP contribution in [0.1, 0.15) is 25.3 Å². The molecule has 1 aromatic carbocycles. The van der Waals surface area contributed by atoms with Gasteiger partial charge in [-0.3, -0.25) is 0 Å². The van der Waals surface area contributed by atoms with Gasteiger partial charge in [0.05, 0.1) is 12.8 Å². The molecule has 7 nitrogen and oxygen atoms in total. The van der Waals surface area contributed by atoms with E-state index in [1.807, 2.05) is 19.9 Å². The third kappa shape index (κ3) is 3.76. The molecule has 0 radical (unpaired) electrons. The zero-order chi connectivity index (χ0) is 16.1. The van der Waals surface area contributed by atoms with Crippen molar-refractivity contribution in [3.63, 3.8) is 0 Å². The molecule has 0 unspecified atom stereocenters. The number of benzene rings is 1. The summed E-state index contributed by atoms with van der Waals surface area (Å²) in [7, 11) is 0. The first kappa shape index (κ1) is 15.8. The Labute approximate surface area is 128 Å². The van der Waals surface area contributed by atoms with Gasteiger partial charge in [-0.2, -0.15) is 4.98 Å². The number of hydrogen-bond donors (Lipinski definition) is 3. The number of nitrogens with two attached hydrogens (primary N) is 2. The summed E-state index contributed by atoms with van der Waals surface area (Å²) >= 11 is 0. The van der Waals surface area contributed by atoms with Gasteiger partial charge in [-0.25, -0.2) is 4.98 Å². The van der Waals surface area contributed by atoms with E-state index in [9.17, 15) is 0 Å². The van der Waals surface area contributed by atoms with E-state index in [-0.39, 0.29) is 30.9 Å². The zero-order valence-corrected chi connectivity index (χ0v) is 12.6. The molecule has 0 saturated carbocycles. The summed E-state index contributed by atoms with van der Waals surface area (Å²) in [6.45, 7) is 4.30. The number of nitrogens with zero attached hydrogens (tertiary/aromatic N) is 2. The van der Waals surface area contributed by atoms with Crippen molar-refractivity contribution >= 4 is 11.8 Å². The number of anilines is 2. The van der Waals surface area contributed by atoms with E-state index in [1.54, 1.807) is 12.1 Å². The maximum Gasteiger partial charge on any atom is 0.222 e. The lowest BCUT2D eigenvalue weighted by Gasteiger charge is -2.16. The Morgan fingerprint density at radius 3 is 2.64 bits per heavy atom. The second-order valence-electron chi connectivity index (χ2n) is 5.01. The van der Waals surface area contributed by atoms with Crippen molar-refractivity contribution in [1.82, 2.24) is 9.97 Å². The number of aliphatic hydroxyl groups is 1. The minimum absolute atomic E-state index is 0.0332. The van der Waals surface area contributed by atoms with Gasteiger partial charge in [0, 0.05) is 5.56 Å². The molecule has 2 aromatic rings. The van der Waals surface area contributed by atoms with Crippen LogP contribution in [0.15, 0.2) is 24.4 Å².